The van der Waals surface area contributed by atoms with Gasteiger partial charge < -0.3 is 0 Å². The third-order valence-electron chi connectivity index (χ3n) is 3.34. The molecular formula is C15H28O6S. The Labute approximate surface area is 133 Å². The molecule has 130 valence electrons. The predicted octanol–water partition coefficient (Wildman–Crippen LogP) is 2.95. The first-order valence-corrected chi connectivity index (χ1v) is 9.23. The fourth-order valence-electron chi connectivity index (χ4n) is 1.93. The third kappa shape index (κ3) is 12.9. The molecule has 0 heterocycles. The fourth-order valence-corrected chi connectivity index (χ4v) is 2.35. The van der Waals surface area contributed by atoms with E-state index < -0.39 is 10.4 Å². The van der Waals surface area contributed by atoms with Gasteiger partial charge >= 0.3 is 10.4 Å². The maximum absolute atomic E-state index is 11.6. The number of carbonyl (C=O) groups excluding carboxylic acids is 2. The Kier molecular flexibility index (Phi) is 12.3. The van der Waals surface area contributed by atoms with Crippen LogP contribution in [0.4, 0.5) is 0 Å². The van der Waals surface area contributed by atoms with Crippen molar-refractivity contribution in [1.29, 1.82) is 0 Å². The maximum atomic E-state index is 11.6. The Balaban J connectivity index is 3.42. The average Bonchev–Trinajstić information content (AvgIpc) is 2.50. The Morgan fingerprint density at radius 1 is 0.818 bits per heavy atom. The van der Waals surface area contributed by atoms with Gasteiger partial charge in [0.25, 0.3) is 0 Å². The van der Waals surface area contributed by atoms with E-state index in [0.29, 0.717) is 32.1 Å². The van der Waals surface area contributed by atoms with E-state index in [0.717, 1.165) is 39.2 Å². The normalized spacial score (nSPS) is 11.5. The largest absolute Gasteiger partial charge is 0.399 e. The zero-order valence-electron chi connectivity index (χ0n) is 13.6. The van der Waals surface area contributed by atoms with E-state index in [4.69, 9.17) is 0 Å². The quantitative estimate of drug-likeness (QED) is 0.427. The molecule has 0 aromatic carbocycles. The van der Waals surface area contributed by atoms with Crippen molar-refractivity contribution in [3.8, 4) is 0 Å². The van der Waals surface area contributed by atoms with Gasteiger partial charge in [-0.1, -0.05) is 19.8 Å². The van der Waals surface area contributed by atoms with Crippen molar-refractivity contribution in [3.63, 3.8) is 0 Å². The molecule has 0 unspecified atom stereocenters. The van der Waals surface area contributed by atoms with E-state index in [2.05, 4.69) is 8.37 Å². The number of hydrogen-bond donors (Lipinski definition) is 0. The highest BCUT2D eigenvalue weighted by atomic mass is 32.3. The van der Waals surface area contributed by atoms with Crippen LogP contribution in [0.5, 0.6) is 0 Å². The zero-order valence-corrected chi connectivity index (χ0v) is 14.5. The van der Waals surface area contributed by atoms with Crippen molar-refractivity contribution < 1.29 is 26.4 Å². The fraction of sp³-hybridized carbons (Fsp3) is 0.867. The molecule has 0 atom stereocenters. The van der Waals surface area contributed by atoms with Crippen molar-refractivity contribution in [2.75, 3.05) is 13.7 Å². The van der Waals surface area contributed by atoms with Gasteiger partial charge in [-0.25, -0.2) is 4.18 Å². The second-order valence-corrected chi connectivity index (χ2v) is 6.58. The number of hydrogen-bond acceptors (Lipinski definition) is 6. The lowest BCUT2D eigenvalue weighted by Crippen LogP contribution is -2.08. The van der Waals surface area contributed by atoms with Crippen molar-refractivity contribution in [2.24, 2.45) is 0 Å². The Hall–Kier alpha value is -0.790. The summed E-state index contributed by atoms with van der Waals surface area (Å²) < 4.78 is 30.4. The van der Waals surface area contributed by atoms with E-state index in [9.17, 15) is 18.0 Å². The lowest BCUT2D eigenvalue weighted by Gasteiger charge is -2.03. The van der Waals surface area contributed by atoms with Crippen LogP contribution >= 0.6 is 0 Å². The van der Waals surface area contributed by atoms with Crippen LogP contribution in [0.2, 0.25) is 0 Å². The first-order valence-electron chi connectivity index (χ1n) is 7.89. The maximum Gasteiger partial charge on any atom is 0.399 e. The van der Waals surface area contributed by atoms with Crippen molar-refractivity contribution in [3.05, 3.63) is 0 Å². The van der Waals surface area contributed by atoms with Gasteiger partial charge in [-0.2, -0.15) is 8.42 Å². The van der Waals surface area contributed by atoms with E-state index in [1.807, 2.05) is 6.92 Å². The van der Waals surface area contributed by atoms with Gasteiger partial charge in [-0.15, -0.1) is 0 Å². The number of Topliss-reactive ketones (excluding diaryl/α,β-unsaturated/α-hetero) is 2. The molecule has 0 spiro atoms. The molecule has 0 aliphatic heterocycles. The number of unbranched alkanes of at least 4 members (excludes halogenated alkanes) is 4. The third-order valence-corrected chi connectivity index (χ3v) is 4.20. The van der Waals surface area contributed by atoms with Crippen molar-refractivity contribution >= 4 is 22.0 Å². The zero-order chi connectivity index (χ0) is 16.8. The van der Waals surface area contributed by atoms with Gasteiger partial charge in [0.15, 0.2) is 0 Å². The minimum Gasteiger partial charge on any atom is -0.300 e. The molecule has 6 nitrogen and oxygen atoms in total. The van der Waals surface area contributed by atoms with Gasteiger partial charge in [0.2, 0.25) is 0 Å². The molecule has 0 saturated heterocycles. The Morgan fingerprint density at radius 2 is 1.32 bits per heavy atom. The minimum absolute atomic E-state index is 0.0792. The summed E-state index contributed by atoms with van der Waals surface area (Å²) in [5, 5.41) is 0. The summed E-state index contributed by atoms with van der Waals surface area (Å²) in [6.07, 6.45) is 6.98. The molecule has 0 amide bonds. The molecule has 0 fully saturated rings. The van der Waals surface area contributed by atoms with E-state index >= 15 is 0 Å². The van der Waals surface area contributed by atoms with Crippen LogP contribution in [-0.4, -0.2) is 33.7 Å². The van der Waals surface area contributed by atoms with Crippen molar-refractivity contribution in [2.45, 2.75) is 71.1 Å². The second kappa shape index (κ2) is 12.7. The molecule has 22 heavy (non-hydrogen) atoms. The smallest absolute Gasteiger partial charge is 0.300 e. The lowest BCUT2D eigenvalue weighted by molar-refractivity contribution is -0.119. The van der Waals surface area contributed by atoms with E-state index in [1.54, 1.807) is 0 Å². The van der Waals surface area contributed by atoms with Crippen LogP contribution in [0.1, 0.15) is 71.1 Å². The molecule has 0 aromatic heterocycles. The molecule has 0 rings (SSSR count). The molecular weight excluding hydrogens is 308 g/mol. The molecule has 0 aromatic rings. The van der Waals surface area contributed by atoms with Crippen LogP contribution < -0.4 is 0 Å². The highest BCUT2D eigenvalue weighted by Gasteiger charge is 2.08. The summed E-state index contributed by atoms with van der Waals surface area (Å²) in [5.41, 5.74) is 0. The first kappa shape index (κ1) is 21.2. The molecule has 0 aliphatic rings. The van der Waals surface area contributed by atoms with E-state index in [-0.39, 0.29) is 18.2 Å². The molecule has 0 bridgehead atoms. The van der Waals surface area contributed by atoms with Crippen LogP contribution in [0, 0.1) is 0 Å². The van der Waals surface area contributed by atoms with Gasteiger partial charge in [-0.05, 0) is 25.7 Å². The summed E-state index contributed by atoms with van der Waals surface area (Å²) in [6, 6.07) is 0. The Bertz CT molecular complexity index is 416. The molecule has 0 saturated carbocycles. The summed E-state index contributed by atoms with van der Waals surface area (Å²) in [6.45, 7) is 1.94. The first-order chi connectivity index (χ1) is 10.4. The molecule has 0 aliphatic carbocycles. The predicted molar refractivity (Wildman–Crippen MR) is 83.7 cm³/mol. The van der Waals surface area contributed by atoms with Crippen LogP contribution in [0.3, 0.4) is 0 Å². The second-order valence-electron chi connectivity index (χ2n) is 5.20. The standard InChI is InChI=1S/C15H28O6S/c1-3-14(16)10-6-4-7-11-15(17)12-8-5-9-13-21-22(18,19)20-2/h3-13H2,1-2H3. The Morgan fingerprint density at radius 3 is 1.82 bits per heavy atom. The number of carbonyl (C=O) groups is 2. The van der Waals surface area contributed by atoms with Crippen LogP contribution in [-0.2, 0) is 28.4 Å². The molecule has 7 heteroatoms. The average molecular weight is 336 g/mol. The highest BCUT2D eigenvalue weighted by molar-refractivity contribution is 7.81. The summed E-state index contributed by atoms with van der Waals surface area (Å²) in [7, 11) is -2.79. The lowest BCUT2D eigenvalue weighted by atomic mass is 10.0. The highest BCUT2D eigenvalue weighted by Crippen LogP contribution is 2.09. The monoisotopic (exact) mass is 336 g/mol. The number of rotatable bonds is 15. The van der Waals surface area contributed by atoms with E-state index in [1.165, 1.54) is 0 Å². The van der Waals surface area contributed by atoms with Gasteiger partial charge in [0.05, 0.1) is 13.7 Å². The topological polar surface area (TPSA) is 86.7 Å². The molecule has 0 radical (unpaired) electrons. The summed E-state index contributed by atoms with van der Waals surface area (Å²) in [4.78, 5) is 22.7. The summed E-state index contributed by atoms with van der Waals surface area (Å²) in [5.74, 6) is 0.510. The number of ketones is 2. The SMILES string of the molecule is CCC(=O)CCCCCC(=O)CCCCCOS(=O)(=O)OC. The van der Waals surface area contributed by atoms with Crippen LogP contribution in [0.15, 0.2) is 0 Å². The van der Waals surface area contributed by atoms with Gasteiger partial charge in [-0.3, -0.25) is 13.8 Å². The van der Waals surface area contributed by atoms with Crippen LogP contribution in [0.25, 0.3) is 0 Å². The van der Waals surface area contributed by atoms with Gasteiger partial charge in [0.1, 0.15) is 11.6 Å². The van der Waals surface area contributed by atoms with Gasteiger partial charge in [0, 0.05) is 25.7 Å². The summed E-state index contributed by atoms with van der Waals surface area (Å²) >= 11 is 0. The molecule has 0 N–H and O–H groups in total. The van der Waals surface area contributed by atoms with Crippen molar-refractivity contribution in [1.82, 2.24) is 0 Å². The minimum atomic E-state index is -3.84.